The van der Waals surface area contributed by atoms with Crippen LogP contribution in [-0.2, 0) is 6.42 Å². The zero-order chi connectivity index (χ0) is 16.3. The van der Waals surface area contributed by atoms with E-state index in [-0.39, 0.29) is 0 Å². The molecule has 1 heterocycles. The highest BCUT2D eigenvalue weighted by Gasteiger charge is 2.05. The van der Waals surface area contributed by atoms with Gasteiger partial charge in [-0.05, 0) is 24.6 Å². The Morgan fingerprint density at radius 3 is 2.57 bits per heavy atom. The molecule has 1 unspecified atom stereocenters. The first-order valence-corrected chi connectivity index (χ1v) is 8.26. The van der Waals surface area contributed by atoms with Crippen LogP contribution in [0.3, 0.4) is 0 Å². The fraction of sp³-hybridized carbons (Fsp3) is 0.368. The molecule has 2 N–H and O–H groups in total. The number of nitrogens with zero attached hydrogens (tertiary/aromatic N) is 2. The molecular weight excluding hydrogens is 284 g/mol. The first-order chi connectivity index (χ1) is 11.3. The fourth-order valence-electron chi connectivity index (χ4n) is 2.31. The van der Waals surface area contributed by atoms with Gasteiger partial charge in [0.2, 0.25) is 0 Å². The Labute approximate surface area is 139 Å². The predicted octanol–water partition coefficient (Wildman–Crippen LogP) is 2.98. The number of pyridine rings is 1. The fourth-order valence-corrected chi connectivity index (χ4v) is 2.31. The standard InChI is InChI=1S/C19H26N4/c1-3-20-19(22-14-12-18-11-7-8-13-21-18)23-15-16(2)17-9-5-4-6-10-17/h4-11,13,16H,3,12,14-15H2,1-2H3,(H2,20,22,23). The van der Waals surface area contributed by atoms with Crippen LogP contribution in [0.4, 0.5) is 0 Å². The second-order valence-electron chi connectivity index (χ2n) is 5.53. The number of hydrogen-bond donors (Lipinski definition) is 2. The van der Waals surface area contributed by atoms with Crippen LogP contribution in [0.25, 0.3) is 0 Å². The molecule has 4 nitrogen and oxygen atoms in total. The van der Waals surface area contributed by atoms with E-state index in [1.165, 1.54) is 5.56 Å². The van der Waals surface area contributed by atoms with Crippen molar-refractivity contribution in [2.75, 3.05) is 19.6 Å². The van der Waals surface area contributed by atoms with Crippen molar-refractivity contribution in [1.82, 2.24) is 15.6 Å². The largest absolute Gasteiger partial charge is 0.357 e. The molecule has 23 heavy (non-hydrogen) atoms. The first kappa shape index (κ1) is 17.0. The lowest BCUT2D eigenvalue weighted by Crippen LogP contribution is -2.38. The first-order valence-electron chi connectivity index (χ1n) is 8.26. The van der Waals surface area contributed by atoms with Gasteiger partial charge in [0.1, 0.15) is 0 Å². The van der Waals surface area contributed by atoms with E-state index >= 15 is 0 Å². The van der Waals surface area contributed by atoms with Gasteiger partial charge >= 0.3 is 0 Å². The van der Waals surface area contributed by atoms with Gasteiger partial charge in [0, 0.05) is 43.9 Å². The van der Waals surface area contributed by atoms with Crippen LogP contribution >= 0.6 is 0 Å². The van der Waals surface area contributed by atoms with E-state index in [9.17, 15) is 0 Å². The lowest BCUT2D eigenvalue weighted by Gasteiger charge is -2.13. The molecule has 1 aromatic heterocycles. The average molecular weight is 310 g/mol. The summed E-state index contributed by atoms with van der Waals surface area (Å²) in [5.41, 5.74) is 2.41. The third-order valence-electron chi connectivity index (χ3n) is 3.64. The van der Waals surface area contributed by atoms with Crippen molar-refractivity contribution < 1.29 is 0 Å². The van der Waals surface area contributed by atoms with Gasteiger partial charge in [-0.25, -0.2) is 0 Å². The summed E-state index contributed by atoms with van der Waals surface area (Å²) in [6.45, 7) is 6.73. The van der Waals surface area contributed by atoms with Crippen molar-refractivity contribution in [3.05, 3.63) is 66.0 Å². The van der Waals surface area contributed by atoms with Crippen LogP contribution in [0.1, 0.15) is 31.0 Å². The van der Waals surface area contributed by atoms with Crippen molar-refractivity contribution in [2.24, 2.45) is 4.99 Å². The molecule has 0 spiro atoms. The van der Waals surface area contributed by atoms with Gasteiger partial charge in [0.25, 0.3) is 0 Å². The monoisotopic (exact) mass is 310 g/mol. The van der Waals surface area contributed by atoms with Crippen LogP contribution in [0.15, 0.2) is 59.7 Å². The highest BCUT2D eigenvalue weighted by Crippen LogP contribution is 2.14. The van der Waals surface area contributed by atoms with Crippen molar-refractivity contribution in [3.8, 4) is 0 Å². The summed E-state index contributed by atoms with van der Waals surface area (Å²) < 4.78 is 0. The molecule has 0 saturated carbocycles. The maximum absolute atomic E-state index is 4.69. The number of benzene rings is 1. The van der Waals surface area contributed by atoms with E-state index in [0.29, 0.717) is 5.92 Å². The summed E-state index contributed by atoms with van der Waals surface area (Å²) >= 11 is 0. The number of rotatable bonds is 7. The number of nitrogens with one attached hydrogen (secondary N) is 2. The third-order valence-corrected chi connectivity index (χ3v) is 3.64. The number of hydrogen-bond acceptors (Lipinski definition) is 2. The van der Waals surface area contributed by atoms with Gasteiger partial charge in [-0.1, -0.05) is 43.3 Å². The van der Waals surface area contributed by atoms with Crippen LogP contribution in [0.5, 0.6) is 0 Å². The van der Waals surface area contributed by atoms with E-state index in [0.717, 1.165) is 37.7 Å². The highest BCUT2D eigenvalue weighted by molar-refractivity contribution is 5.79. The Bertz CT molecular complexity index is 581. The second kappa shape index (κ2) is 9.62. The van der Waals surface area contributed by atoms with E-state index in [2.05, 4.69) is 53.7 Å². The van der Waals surface area contributed by atoms with Crippen molar-refractivity contribution in [1.29, 1.82) is 0 Å². The summed E-state index contributed by atoms with van der Waals surface area (Å²) in [4.78, 5) is 9.03. The van der Waals surface area contributed by atoms with Crippen molar-refractivity contribution in [3.63, 3.8) is 0 Å². The molecule has 0 fully saturated rings. The zero-order valence-corrected chi connectivity index (χ0v) is 14.0. The van der Waals surface area contributed by atoms with Gasteiger partial charge in [-0.15, -0.1) is 0 Å². The summed E-state index contributed by atoms with van der Waals surface area (Å²) in [5, 5.41) is 6.67. The van der Waals surface area contributed by atoms with Gasteiger partial charge in [-0.2, -0.15) is 0 Å². The highest BCUT2D eigenvalue weighted by atomic mass is 15.2. The van der Waals surface area contributed by atoms with E-state index < -0.39 is 0 Å². The molecule has 0 saturated heterocycles. The van der Waals surface area contributed by atoms with Crippen LogP contribution in [0.2, 0.25) is 0 Å². The molecule has 4 heteroatoms. The molecule has 2 rings (SSSR count). The molecule has 0 aliphatic carbocycles. The predicted molar refractivity (Wildman–Crippen MR) is 96.8 cm³/mol. The number of guanidine groups is 1. The molecule has 2 aromatic rings. The summed E-state index contributed by atoms with van der Waals surface area (Å²) in [6, 6.07) is 16.5. The summed E-state index contributed by atoms with van der Waals surface area (Å²) in [6.07, 6.45) is 2.72. The van der Waals surface area contributed by atoms with E-state index in [1.54, 1.807) is 0 Å². The van der Waals surface area contributed by atoms with Crippen LogP contribution < -0.4 is 10.6 Å². The van der Waals surface area contributed by atoms with Gasteiger partial charge < -0.3 is 10.6 Å². The van der Waals surface area contributed by atoms with Crippen molar-refractivity contribution in [2.45, 2.75) is 26.2 Å². The Kier molecular flexibility index (Phi) is 7.11. The Hall–Kier alpha value is -2.36. The zero-order valence-electron chi connectivity index (χ0n) is 14.0. The SMILES string of the molecule is CCNC(=NCC(C)c1ccccc1)NCCc1ccccn1. The number of aliphatic imine (C=N–C) groups is 1. The minimum Gasteiger partial charge on any atom is -0.357 e. The molecule has 0 radical (unpaired) electrons. The maximum atomic E-state index is 4.69. The minimum atomic E-state index is 0.405. The van der Waals surface area contributed by atoms with Crippen molar-refractivity contribution >= 4 is 5.96 Å². The Morgan fingerprint density at radius 2 is 1.87 bits per heavy atom. The lowest BCUT2D eigenvalue weighted by atomic mass is 10.0. The summed E-state index contributed by atoms with van der Waals surface area (Å²) in [5.74, 6) is 1.27. The molecule has 1 aromatic carbocycles. The smallest absolute Gasteiger partial charge is 0.191 e. The molecule has 0 aliphatic heterocycles. The quantitative estimate of drug-likeness (QED) is 0.610. The van der Waals surface area contributed by atoms with Gasteiger partial charge in [0.05, 0.1) is 0 Å². The normalized spacial score (nSPS) is 12.7. The second-order valence-corrected chi connectivity index (χ2v) is 5.53. The maximum Gasteiger partial charge on any atom is 0.191 e. The van der Waals surface area contributed by atoms with Gasteiger partial charge in [-0.3, -0.25) is 9.98 Å². The molecule has 0 amide bonds. The molecule has 122 valence electrons. The van der Waals surface area contributed by atoms with Crippen LogP contribution in [0, 0.1) is 0 Å². The third kappa shape index (κ3) is 6.10. The molecule has 1 atom stereocenters. The van der Waals surface area contributed by atoms with E-state index in [4.69, 9.17) is 4.99 Å². The number of aromatic nitrogens is 1. The van der Waals surface area contributed by atoms with Gasteiger partial charge in [0.15, 0.2) is 5.96 Å². The average Bonchev–Trinajstić information content (AvgIpc) is 2.61. The Balaban J connectivity index is 1.84. The molecule has 0 aliphatic rings. The summed E-state index contributed by atoms with van der Waals surface area (Å²) in [7, 11) is 0. The van der Waals surface area contributed by atoms with Crippen LogP contribution in [-0.4, -0.2) is 30.6 Å². The topological polar surface area (TPSA) is 49.3 Å². The van der Waals surface area contributed by atoms with E-state index in [1.807, 2.05) is 30.5 Å². The molecular formula is C19H26N4. The molecule has 0 bridgehead atoms. The Morgan fingerprint density at radius 1 is 1.09 bits per heavy atom. The lowest BCUT2D eigenvalue weighted by molar-refractivity contribution is 0.743. The minimum absolute atomic E-state index is 0.405.